The van der Waals surface area contributed by atoms with Gasteiger partial charge in [0.15, 0.2) is 0 Å². The van der Waals surface area contributed by atoms with Crippen molar-refractivity contribution in [1.29, 1.82) is 0 Å². The first-order valence-corrected chi connectivity index (χ1v) is 7.22. The second-order valence-corrected chi connectivity index (χ2v) is 6.61. The average Bonchev–Trinajstić information content (AvgIpc) is 2.74. The number of rotatable bonds is 3. The number of fused-ring (bicyclic) bond motifs is 1. The Morgan fingerprint density at radius 3 is 2.71 bits per heavy atom. The van der Waals surface area contributed by atoms with Crippen LogP contribution in [-0.4, -0.2) is 32.4 Å². The lowest BCUT2D eigenvalue weighted by Gasteiger charge is -2.21. The monoisotopic (exact) mass is 254 g/mol. The van der Waals surface area contributed by atoms with Crippen LogP contribution in [0.4, 0.5) is 5.69 Å². The highest BCUT2D eigenvalue weighted by atomic mass is 32.2. The zero-order valence-corrected chi connectivity index (χ0v) is 11.2. The number of hydrogen-bond donors (Lipinski definition) is 1. The Morgan fingerprint density at radius 1 is 1.35 bits per heavy atom. The number of benzene rings is 1. The summed E-state index contributed by atoms with van der Waals surface area (Å²) in [6, 6.07) is 5.27. The fourth-order valence-electron chi connectivity index (χ4n) is 1.89. The minimum atomic E-state index is -3.35. The summed E-state index contributed by atoms with van der Waals surface area (Å²) in [6.07, 6.45) is 0.893. The van der Waals surface area contributed by atoms with Gasteiger partial charge in [0.25, 0.3) is 0 Å². The Balaban J connectivity index is 2.41. The van der Waals surface area contributed by atoms with Crippen LogP contribution in [-0.2, 0) is 16.4 Å². The van der Waals surface area contributed by atoms with Gasteiger partial charge in [-0.25, -0.2) is 8.42 Å². The quantitative estimate of drug-likeness (QED) is 0.893. The van der Waals surface area contributed by atoms with E-state index < -0.39 is 10.0 Å². The van der Waals surface area contributed by atoms with Crippen LogP contribution < -0.4 is 5.32 Å². The van der Waals surface area contributed by atoms with Crippen LogP contribution in [0.1, 0.15) is 19.4 Å². The third kappa shape index (κ3) is 2.17. The molecular weight excluding hydrogens is 236 g/mol. The van der Waals surface area contributed by atoms with Crippen LogP contribution in [0.3, 0.4) is 0 Å². The van der Waals surface area contributed by atoms with E-state index in [0.29, 0.717) is 4.90 Å². The van der Waals surface area contributed by atoms with E-state index in [2.05, 4.69) is 5.32 Å². The summed E-state index contributed by atoms with van der Waals surface area (Å²) >= 11 is 0. The molecule has 0 aromatic heterocycles. The Bertz CT molecular complexity index is 523. The minimum Gasteiger partial charge on any atom is -0.384 e. The zero-order valence-electron chi connectivity index (χ0n) is 10.4. The van der Waals surface area contributed by atoms with E-state index in [9.17, 15) is 8.42 Å². The van der Waals surface area contributed by atoms with Crippen molar-refractivity contribution >= 4 is 15.7 Å². The Hall–Kier alpha value is -1.07. The van der Waals surface area contributed by atoms with Crippen molar-refractivity contribution in [3.8, 4) is 0 Å². The Labute approximate surface area is 103 Å². The molecule has 0 amide bonds. The van der Waals surface area contributed by atoms with Gasteiger partial charge in [-0.2, -0.15) is 4.31 Å². The van der Waals surface area contributed by atoms with Crippen molar-refractivity contribution < 1.29 is 8.42 Å². The van der Waals surface area contributed by atoms with Crippen molar-refractivity contribution in [3.05, 3.63) is 23.8 Å². The smallest absolute Gasteiger partial charge is 0.243 e. The standard InChI is InChI=1S/C12H18N2O2S/c1-9(2)14(3)17(15,16)11-4-5-12-10(8-11)6-7-13-12/h4-5,8-9,13H,6-7H2,1-3H3. The second kappa shape index (κ2) is 4.31. The molecule has 1 aromatic rings. The van der Waals surface area contributed by atoms with Gasteiger partial charge in [0.05, 0.1) is 4.90 Å². The average molecular weight is 254 g/mol. The number of anilines is 1. The third-order valence-electron chi connectivity index (χ3n) is 3.19. The highest BCUT2D eigenvalue weighted by Gasteiger charge is 2.24. The van der Waals surface area contributed by atoms with E-state index >= 15 is 0 Å². The van der Waals surface area contributed by atoms with Crippen molar-refractivity contribution in [2.75, 3.05) is 18.9 Å². The molecule has 0 saturated heterocycles. The van der Waals surface area contributed by atoms with Crippen LogP contribution in [0.5, 0.6) is 0 Å². The van der Waals surface area contributed by atoms with Crippen LogP contribution >= 0.6 is 0 Å². The van der Waals surface area contributed by atoms with E-state index in [1.54, 1.807) is 19.2 Å². The van der Waals surface area contributed by atoms with Gasteiger partial charge in [-0.3, -0.25) is 0 Å². The maximum absolute atomic E-state index is 12.3. The van der Waals surface area contributed by atoms with E-state index in [-0.39, 0.29) is 6.04 Å². The van der Waals surface area contributed by atoms with Crippen molar-refractivity contribution in [2.24, 2.45) is 0 Å². The summed E-state index contributed by atoms with van der Waals surface area (Å²) in [6.45, 7) is 4.62. The molecule has 5 heteroatoms. The molecule has 0 spiro atoms. The lowest BCUT2D eigenvalue weighted by molar-refractivity contribution is 0.410. The number of hydrogen-bond acceptors (Lipinski definition) is 3. The molecular formula is C12H18N2O2S. The maximum Gasteiger partial charge on any atom is 0.243 e. The summed E-state index contributed by atoms with van der Waals surface area (Å²) < 4.78 is 26.0. The molecule has 1 N–H and O–H groups in total. The molecule has 1 aromatic carbocycles. The SMILES string of the molecule is CC(C)N(C)S(=O)(=O)c1ccc2c(c1)CCN2. The van der Waals surface area contributed by atoms with E-state index in [0.717, 1.165) is 24.2 Å². The fraction of sp³-hybridized carbons (Fsp3) is 0.500. The fourth-order valence-corrected chi connectivity index (χ4v) is 3.30. The van der Waals surface area contributed by atoms with Gasteiger partial charge >= 0.3 is 0 Å². The molecule has 1 aliphatic heterocycles. The Kier molecular flexibility index (Phi) is 3.14. The summed E-state index contributed by atoms with van der Waals surface area (Å²) in [5, 5.41) is 3.22. The molecule has 0 bridgehead atoms. The molecule has 0 atom stereocenters. The molecule has 17 heavy (non-hydrogen) atoms. The lowest BCUT2D eigenvalue weighted by Crippen LogP contribution is -2.33. The van der Waals surface area contributed by atoms with E-state index in [1.165, 1.54) is 4.31 Å². The predicted octanol–water partition coefficient (Wildman–Crippen LogP) is 1.68. The van der Waals surface area contributed by atoms with Gasteiger partial charge in [0.2, 0.25) is 10.0 Å². The second-order valence-electron chi connectivity index (χ2n) is 4.61. The van der Waals surface area contributed by atoms with Crippen LogP contribution in [0.2, 0.25) is 0 Å². The van der Waals surface area contributed by atoms with Gasteiger partial charge in [-0.1, -0.05) is 0 Å². The van der Waals surface area contributed by atoms with Gasteiger partial charge in [-0.05, 0) is 44.0 Å². The van der Waals surface area contributed by atoms with Crippen LogP contribution in [0, 0.1) is 0 Å². The highest BCUT2D eigenvalue weighted by Crippen LogP contribution is 2.26. The molecule has 1 aliphatic rings. The number of nitrogens with zero attached hydrogens (tertiary/aromatic N) is 1. The first-order chi connectivity index (χ1) is 7.93. The van der Waals surface area contributed by atoms with E-state index in [4.69, 9.17) is 0 Å². The molecule has 0 saturated carbocycles. The van der Waals surface area contributed by atoms with Crippen molar-refractivity contribution in [2.45, 2.75) is 31.2 Å². The highest BCUT2D eigenvalue weighted by molar-refractivity contribution is 7.89. The molecule has 94 valence electrons. The van der Waals surface area contributed by atoms with E-state index in [1.807, 2.05) is 19.9 Å². The van der Waals surface area contributed by atoms with Gasteiger partial charge in [-0.15, -0.1) is 0 Å². The molecule has 2 rings (SSSR count). The lowest BCUT2D eigenvalue weighted by atomic mass is 10.2. The molecule has 4 nitrogen and oxygen atoms in total. The minimum absolute atomic E-state index is 0.0358. The van der Waals surface area contributed by atoms with Gasteiger partial charge in [0.1, 0.15) is 0 Å². The zero-order chi connectivity index (χ0) is 12.6. The normalized spacial score (nSPS) is 15.1. The topological polar surface area (TPSA) is 49.4 Å². The third-order valence-corrected chi connectivity index (χ3v) is 5.22. The summed E-state index contributed by atoms with van der Waals surface area (Å²) in [5.41, 5.74) is 2.14. The van der Waals surface area contributed by atoms with Crippen molar-refractivity contribution in [1.82, 2.24) is 4.31 Å². The summed E-state index contributed by atoms with van der Waals surface area (Å²) in [5.74, 6) is 0. The predicted molar refractivity (Wildman–Crippen MR) is 68.7 cm³/mol. The first-order valence-electron chi connectivity index (χ1n) is 5.78. The molecule has 0 aliphatic carbocycles. The molecule has 0 radical (unpaired) electrons. The van der Waals surface area contributed by atoms with Crippen LogP contribution in [0.25, 0.3) is 0 Å². The maximum atomic E-state index is 12.3. The van der Waals surface area contributed by atoms with Crippen molar-refractivity contribution in [3.63, 3.8) is 0 Å². The number of nitrogens with one attached hydrogen (secondary N) is 1. The number of sulfonamides is 1. The van der Waals surface area contributed by atoms with Crippen LogP contribution in [0.15, 0.2) is 23.1 Å². The molecule has 0 unspecified atom stereocenters. The summed E-state index contributed by atoms with van der Waals surface area (Å²) in [4.78, 5) is 0.385. The molecule has 0 fully saturated rings. The Morgan fingerprint density at radius 2 is 2.06 bits per heavy atom. The first kappa shape index (κ1) is 12.4. The van der Waals surface area contributed by atoms with Gasteiger partial charge in [0, 0.05) is 25.3 Å². The molecule has 1 heterocycles. The largest absolute Gasteiger partial charge is 0.384 e. The van der Waals surface area contributed by atoms with Gasteiger partial charge < -0.3 is 5.32 Å². The summed E-state index contributed by atoms with van der Waals surface area (Å²) in [7, 11) is -1.74.